The highest BCUT2D eigenvalue weighted by Crippen LogP contribution is 2.11. The molecular weight excluding hydrogens is 354 g/mol. The van der Waals surface area contributed by atoms with Crippen molar-refractivity contribution < 1.29 is 14.4 Å². The topological polar surface area (TPSA) is 78.5 Å². The molecule has 2 aromatic rings. The summed E-state index contributed by atoms with van der Waals surface area (Å²) in [6.07, 6.45) is 1.56. The van der Waals surface area contributed by atoms with Gasteiger partial charge >= 0.3 is 0 Å². The van der Waals surface area contributed by atoms with Crippen molar-refractivity contribution in [1.82, 2.24) is 15.5 Å². The number of carbonyl (C=O) groups is 3. The van der Waals surface area contributed by atoms with Crippen LogP contribution in [0.5, 0.6) is 0 Å². The Labute approximate surface area is 165 Å². The van der Waals surface area contributed by atoms with E-state index < -0.39 is 6.04 Å². The summed E-state index contributed by atoms with van der Waals surface area (Å²) < 4.78 is 0. The van der Waals surface area contributed by atoms with Gasteiger partial charge in [-0.25, -0.2) is 0 Å². The summed E-state index contributed by atoms with van der Waals surface area (Å²) in [6.45, 7) is 3.61. The van der Waals surface area contributed by atoms with Crippen LogP contribution < -0.4 is 10.6 Å². The molecule has 2 aromatic carbocycles. The Kier molecular flexibility index (Phi) is 7.51. The van der Waals surface area contributed by atoms with E-state index in [1.807, 2.05) is 30.3 Å². The molecule has 0 aromatic heterocycles. The van der Waals surface area contributed by atoms with Gasteiger partial charge in [0.1, 0.15) is 6.04 Å². The lowest BCUT2D eigenvalue weighted by molar-refractivity contribution is -0.130. The molecule has 0 heterocycles. The van der Waals surface area contributed by atoms with Gasteiger partial charge < -0.3 is 15.5 Å². The zero-order valence-corrected chi connectivity index (χ0v) is 16.1. The summed E-state index contributed by atoms with van der Waals surface area (Å²) in [5, 5.41) is 5.51. The Balaban J connectivity index is 2.20. The average molecular weight is 379 g/mol. The zero-order valence-electron chi connectivity index (χ0n) is 16.1. The number of amides is 3. The second-order valence-corrected chi connectivity index (χ2v) is 6.53. The van der Waals surface area contributed by atoms with Crippen LogP contribution >= 0.6 is 0 Å². The van der Waals surface area contributed by atoms with Crippen LogP contribution in [0.3, 0.4) is 0 Å². The van der Waals surface area contributed by atoms with E-state index in [0.29, 0.717) is 17.5 Å². The van der Waals surface area contributed by atoms with E-state index in [1.54, 1.807) is 38.4 Å². The first kappa shape index (κ1) is 20.9. The smallest absolute Gasteiger partial charge is 0.252 e. The number of hydrogen-bond donors (Lipinski definition) is 2. The van der Waals surface area contributed by atoms with Gasteiger partial charge in [-0.3, -0.25) is 14.4 Å². The maximum Gasteiger partial charge on any atom is 0.252 e. The number of likely N-dealkylation sites (N-methyl/N-ethyl adjacent to an activating group) is 1. The number of nitrogens with zero attached hydrogens (tertiary/aromatic N) is 1. The van der Waals surface area contributed by atoms with Gasteiger partial charge in [-0.15, -0.1) is 0 Å². The fourth-order valence-corrected chi connectivity index (χ4v) is 2.75. The lowest BCUT2D eigenvalue weighted by atomic mass is 10.0. The molecule has 0 unspecified atom stereocenters. The van der Waals surface area contributed by atoms with Crippen LogP contribution in [0.2, 0.25) is 0 Å². The third kappa shape index (κ3) is 5.81. The minimum absolute atomic E-state index is 0.186. The van der Waals surface area contributed by atoms with E-state index in [4.69, 9.17) is 0 Å². The lowest BCUT2D eigenvalue weighted by Gasteiger charge is -2.22. The fourth-order valence-electron chi connectivity index (χ4n) is 2.75. The highest BCUT2D eigenvalue weighted by Gasteiger charge is 2.24. The van der Waals surface area contributed by atoms with Gasteiger partial charge in [0.15, 0.2) is 0 Å². The third-order valence-electron chi connectivity index (χ3n) is 4.23. The van der Waals surface area contributed by atoms with E-state index >= 15 is 0 Å². The highest BCUT2D eigenvalue weighted by atomic mass is 16.2. The first-order valence-corrected chi connectivity index (χ1v) is 8.96. The van der Waals surface area contributed by atoms with Crippen molar-refractivity contribution in [2.24, 2.45) is 0 Å². The van der Waals surface area contributed by atoms with Gasteiger partial charge in [0.05, 0.1) is 0 Å². The van der Waals surface area contributed by atoms with Crippen molar-refractivity contribution in [1.29, 1.82) is 0 Å². The minimum Gasteiger partial charge on any atom is -0.348 e. The molecule has 0 aliphatic heterocycles. The Bertz CT molecular complexity index is 847. The molecule has 0 bridgehead atoms. The molecule has 2 N–H and O–H groups in total. The summed E-state index contributed by atoms with van der Waals surface area (Å²) in [4.78, 5) is 38.4. The first-order valence-electron chi connectivity index (χ1n) is 8.96. The van der Waals surface area contributed by atoms with Crippen molar-refractivity contribution in [3.8, 4) is 0 Å². The van der Waals surface area contributed by atoms with E-state index in [-0.39, 0.29) is 24.3 Å². The molecule has 0 saturated heterocycles. The quantitative estimate of drug-likeness (QED) is 0.688. The second-order valence-electron chi connectivity index (χ2n) is 6.53. The summed E-state index contributed by atoms with van der Waals surface area (Å²) in [6, 6.07) is 15.8. The van der Waals surface area contributed by atoms with Crippen LogP contribution in [-0.4, -0.2) is 42.8 Å². The van der Waals surface area contributed by atoms with Crippen LogP contribution in [0, 0.1) is 0 Å². The number of hydrogen-bond acceptors (Lipinski definition) is 3. The fraction of sp³-hybridized carbons (Fsp3) is 0.227. The van der Waals surface area contributed by atoms with Crippen molar-refractivity contribution in [3.63, 3.8) is 0 Å². The van der Waals surface area contributed by atoms with Crippen LogP contribution in [-0.2, 0) is 22.6 Å². The number of carbonyl (C=O) groups excluding carboxylic acids is 3. The highest BCUT2D eigenvalue weighted by molar-refractivity contribution is 5.99. The monoisotopic (exact) mass is 379 g/mol. The molecule has 0 aliphatic carbocycles. The van der Waals surface area contributed by atoms with Crippen LogP contribution in [0.1, 0.15) is 21.5 Å². The molecule has 0 aliphatic rings. The van der Waals surface area contributed by atoms with Crippen LogP contribution in [0.25, 0.3) is 0 Å². The summed E-state index contributed by atoms with van der Waals surface area (Å²) in [5.41, 5.74) is 2.02. The van der Waals surface area contributed by atoms with Crippen molar-refractivity contribution in [2.75, 3.05) is 14.1 Å². The first-order chi connectivity index (χ1) is 13.4. The second kappa shape index (κ2) is 10.1. The maximum absolute atomic E-state index is 12.9. The van der Waals surface area contributed by atoms with E-state index in [1.165, 1.54) is 11.0 Å². The maximum atomic E-state index is 12.9. The minimum atomic E-state index is -0.694. The molecule has 28 heavy (non-hydrogen) atoms. The molecule has 3 amide bonds. The number of benzene rings is 2. The van der Waals surface area contributed by atoms with E-state index in [0.717, 1.165) is 5.56 Å². The van der Waals surface area contributed by atoms with E-state index in [9.17, 15) is 14.4 Å². The Morgan fingerprint density at radius 2 is 1.68 bits per heavy atom. The summed E-state index contributed by atoms with van der Waals surface area (Å²) in [7, 11) is 3.32. The molecule has 1 atom stereocenters. The third-order valence-corrected chi connectivity index (χ3v) is 4.23. The number of nitrogens with one attached hydrogen (secondary N) is 2. The van der Waals surface area contributed by atoms with Crippen molar-refractivity contribution in [2.45, 2.75) is 19.0 Å². The largest absolute Gasteiger partial charge is 0.348 e. The molecule has 146 valence electrons. The Morgan fingerprint density at radius 3 is 2.32 bits per heavy atom. The molecule has 0 spiro atoms. The van der Waals surface area contributed by atoms with Crippen molar-refractivity contribution >= 4 is 17.7 Å². The average Bonchev–Trinajstić information content (AvgIpc) is 2.71. The lowest BCUT2D eigenvalue weighted by Crippen LogP contribution is -2.47. The number of rotatable bonds is 8. The molecule has 6 heteroatoms. The predicted octanol–water partition coefficient (Wildman–Crippen LogP) is 1.92. The predicted molar refractivity (Wildman–Crippen MR) is 109 cm³/mol. The summed E-state index contributed by atoms with van der Waals surface area (Å²) in [5.74, 6) is -0.867. The molecular formula is C22H25N3O3. The normalized spacial score (nSPS) is 11.2. The molecule has 0 saturated carbocycles. The zero-order chi connectivity index (χ0) is 20.5. The summed E-state index contributed by atoms with van der Waals surface area (Å²) >= 11 is 0. The van der Waals surface area contributed by atoms with E-state index in [2.05, 4.69) is 17.2 Å². The SMILES string of the molecule is C=CC(=O)NCc1ccccc1C(=O)N[C@H](Cc1ccccc1)C(=O)N(C)C. The molecule has 6 nitrogen and oxygen atoms in total. The van der Waals surface area contributed by atoms with Gasteiger partial charge in [-0.1, -0.05) is 55.1 Å². The van der Waals surface area contributed by atoms with Gasteiger partial charge in [0, 0.05) is 32.6 Å². The van der Waals surface area contributed by atoms with Gasteiger partial charge in [-0.2, -0.15) is 0 Å². The van der Waals surface area contributed by atoms with Gasteiger partial charge in [-0.05, 0) is 23.3 Å². The molecule has 2 rings (SSSR count). The van der Waals surface area contributed by atoms with Gasteiger partial charge in [0.2, 0.25) is 11.8 Å². The Morgan fingerprint density at radius 1 is 1.04 bits per heavy atom. The van der Waals surface area contributed by atoms with Crippen LogP contribution in [0.4, 0.5) is 0 Å². The van der Waals surface area contributed by atoms with Gasteiger partial charge in [0.25, 0.3) is 5.91 Å². The molecule has 0 radical (unpaired) electrons. The standard InChI is InChI=1S/C22H25N3O3/c1-4-20(26)23-15-17-12-8-9-13-18(17)21(27)24-19(22(28)25(2)3)14-16-10-6-5-7-11-16/h4-13,19H,1,14-15H2,2-3H3,(H,23,26)(H,24,27)/t19-/m1/s1. The van der Waals surface area contributed by atoms with Crippen LogP contribution in [0.15, 0.2) is 67.3 Å². The Hall–Kier alpha value is -3.41. The van der Waals surface area contributed by atoms with Crippen molar-refractivity contribution in [3.05, 3.63) is 83.9 Å². The molecule has 0 fully saturated rings.